The number of carboxylic acid groups (broad SMARTS) is 1. The van der Waals surface area contributed by atoms with Gasteiger partial charge in [0.15, 0.2) is 0 Å². The van der Waals surface area contributed by atoms with Crippen molar-refractivity contribution in [1.29, 1.82) is 0 Å². The van der Waals surface area contributed by atoms with Gasteiger partial charge < -0.3 is 10.4 Å². The van der Waals surface area contributed by atoms with Gasteiger partial charge in [0, 0.05) is 5.92 Å². The molecule has 1 aliphatic rings. The Bertz CT molecular complexity index is 541. The van der Waals surface area contributed by atoms with Gasteiger partial charge in [0.1, 0.15) is 5.00 Å². The maximum atomic E-state index is 13.0. The number of amides is 1. The monoisotopic (exact) mass is 321 g/mol. The maximum Gasteiger partial charge on any atom is 0.392 e. The van der Waals surface area contributed by atoms with Gasteiger partial charge in [-0.2, -0.15) is 13.2 Å². The van der Waals surface area contributed by atoms with Crippen molar-refractivity contribution in [2.75, 3.05) is 5.32 Å². The maximum absolute atomic E-state index is 13.0. The molecule has 1 aliphatic carbocycles. The van der Waals surface area contributed by atoms with Gasteiger partial charge >= 0.3 is 12.1 Å². The third kappa shape index (κ3) is 3.55. The van der Waals surface area contributed by atoms with Crippen LogP contribution in [0.25, 0.3) is 0 Å². The number of carbonyl (C=O) groups excluding carboxylic acids is 1. The summed E-state index contributed by atoms with van der Waals surface area (Å²) in [5, 5.41) is 12.8. The lowest BCUT2D eigenvalue weighted by molar-refractivity contribution is -0.197. The SMILES string of the molecule is O=C(O)c1ccsc1NC(=O)C1CCCCC1C(F)(F)F. The number of halogens is 3. The fraction of sp³-hybridized carbons (Fsp3) is 0.538. The van der Waals surface area contributed by atoms with E-state index in [2.05, 4.69) is 5.32 Å². The van der Waals surface area contributed by atoms with E-state index in [9.17, 15) is 22.8 Å². The smallest absolute Gasteiger partial charge is 0.392 e. The lowest BCUT2D eigenvalue weighted by Crippen LogP contribution is -2.39. The number of carbonyl (C=O) groups is 2. The summed E-state index contributed by atoms with van der Waals surface area (Å²) >= 11 is 0.985. The summed E-state index contributed by atoms with van der Waals surface area (Å²) < 4.78 is 38.9. The summed E-state index contributed by atoms with van der Waals surface area (Å²) in [5.41, 5.74) is -0.104. The minimum atomic E-state index is -4.41. The number of thiophene rings is 1. The highest BCUT2D eigenvalue weighted by Crippen LogP contribution is 2.42. The Labute approximate surface area is 123 Å². The second-order valence-corrected chi connectivity index (χ2v) is 5.91. The molecule has 0 aromatic carbocycles. The van der Waals surface area contributed by atoms with Crippen molar-refractivity contribution < 1.29 is 27.9 Å². The van der Waals surface area contributed by atoms with E-state index in [1.54, 1.807) is 0 Å². The predicted octanol–water partition coefficient (Wildman–Crippen LogP) is 3.75. The van der Waals surface area contributed by atoms with Crippen molar-refractivity contribution in [3.63, 3.8) is 0 Å². The van der Waals surface area contributed by atoms with Crippen LogP contribution < -0.4 is 5.32 Å². The van der Waals surface area contributed by atoms with E-state index in [4.69, 9.17) is 5.11 Å². The summed E-state index contributed by atoms with van der Waals surface area (Å²) in [6, 6.07) is 1.31. The highest BCUT2D eigenvalue weighted by atomic mass is 32.1. The van der Waals surface area contributed by atoms with Crippen molar-refractivity contribution in [3.05, 3.63) is 17.0 Å². The summed E-state index contributed by atoms with van der Waals surface area (Å²) in [7, 11) is 0. The zero-order valence-corrected chi connectivity index (χ0v) is 11.8. The molecule has 0 saturated heterocycles. The average Bonchev–Trinajstić information content (AvgIpc) is 2.86. The second kappa shape index (κ2) is 6.05. The van der Waals surface area contributed by atoms with Crippen LogP contribution in [0.4, 0.5) is 18.2 Å². The Morgan fingerprint density at radius 3 is 2.57 bits per heavy atom. The standard InChI is InChI=1S/C13H14F3NO3S/c14-13(15,16)9-4-2-1-3-7(9)10(18)17-11-8(12(19)20)5-6-21-11/h5-7,9H,1-4H2,(H,17,18)(H,19,20). The minimum absolute atomic E-state index is 0.0577. The Morgan fingerprint density at radius 2 is 1.95 bits per heavy atom. The van der Waals surface area contributed by atoms with Gasteiger partial charge in [-0.05, 0) is 24.3 Å². The summed E-state index contributed by atoms with van der Waals surface area (Å²) in [6.45, 7) is 0. The number of hydrogen-bond acceptors (Lipinski definition) is 3. The van der Waals surface area contributed by atoms with Crippen LogP contribution >= 0.6 is 11.3 Å². The van der Waals surface area contributed by atoms with Crippen LogP contribution in [-0.4, -0.2) is 23.2 Å². The largest absolute Gasteiger partial charge is 0.478 e. The molecule has 2 rings (SSSR count). The first kappa shape index (κ1) is 15.8. The Hall–Kier alpha value is -1.57. The minimum Gasteiger partial charge on any atom is -0.478 e. The lowest BCUT2D eigenvalue weighted by atomic mass is 9.78. The number of hydrogen-bond donors (Lipinski definition) is 2. The molecule has 1 heterocycles. The Kier molecular flexibility index (Phi) is 4.55. The number of carboxylic acids is 1. The van der Waals surface area contributed by atoms with E-state index in [1.807, 2.05) is 0 Å². The molecule has 8 heteroatoms. The van der Waals surface area contributed by atoms with Gasteiger partial charge in [0.05, 0.1) is 11.5 Å². The first-order valence-electron chi connectivity index (χ1n) is 6.49. The van der Waals surface area contributed by atoms with Crippen molar-refractivity contribution in [2.45, 2.75) is 31.9 Å². The first-order chi connectivity index (χ1) is 9.80. The van der Waals surface area contributed by atoms with Crippen molar-refractivity contribution >= 4 is 28.2 Å². The van der Waals surface area contributed by atoms with Crippen LogP contribution in [0.3, 0.4) is 0 Å². The summed E-state index contributed by atoms with van der Waals surface area (Å²) in [6.07, 6.45) is -3.27. The lowest BCUT2D eigenvalue weighted by Gasteiger charge is -2.31. The van der Waals surface area contributed by atoms with E-state index < -0.39 is 29.9 Å². The molecule has 1 saturated carbocycles. The molecule has 1 aromatic rings. The van der Waals surface area contributed by atoms with Crippen molar-refractivity contribution in [1.82, 2.24) is 0 Å². The van der Waals surface area contributed by atoms with E-state index in [1.165, 1.54) is 11.4 Å². The quantitative estimate of drug-likeness (QED) is 0.891. The van der Waals surface area contributed by atoms with Gasteiger partial charge in [-0.25, -0.2) is 4.79 Å². The number of alkyl halides is 3. The van der Waals surface area contributed by atoms with Crippen molar-refractivity contribution in [3.8, 4) is 0 Å². The van der Waals surface area contributed by atoms with Crippen LogP contribution in [0.2, 0.25) is 0 Å². The van der Waals surface area contributed by atoms with Crippen LogP contribution in [-0.2, 0) is 4.79 Å². The molecule has 0 spiro atoms. The molecule has 1 aromatic heterocycles. The van der Waals surface area contributed by atoms with Crippen LogP contribution in [0.1, 0.15) is 36.0 Å². The van der Waals surface area contributed by atoms with Crippen LogP contribution in [0.5, 0.6) is 0 Å². The molecule has 21 heavy (non-hydrogen) atoms. The number of anilines is 1. The molecule has 2 unspecified atom stereocenters. The first-order valence-corrected chi connectivity index (χ1v) is 7.37. The molecular formula is C13H14F3NO3S. The Morgan fingerprint density at radius 1 is 1.29 bits per heavy atom. The van der Waals surface area contributed by atoms with Gasteiger partial charge in [-0.15, -0.1) is 11.3 Å². The molecule has 0 aliphatic heterocycles. The second-order valence-electron chi connectivity index (χ2n) is 5.00. The van der Waals surface area contributed by atoms with Crippen LogP contribution in [0.15, 0.2) is 11.4 Å². The van der Waals surface area contributed by atoms with Gasteiger partial charge in [-0.3, -0.25) is 4.79 Å². The third-order valence-corrected chi connectivity index (χ3v) is 4.49. The average molecular weight is 321 g/mol. The molecule has 2 atom stereocenters. The summed E-state index contributed by atoms with van der Waals surface area (Å²) in [4.78, 5) is 23.0. The zero-order chi connectivity index (χ0) is 15.6. The normalized spacial score (nSPS) is 22.8. The number of aromatic carboxylic acids is 1. The van der Waals surface area contributed by atoms with E-state index >= 15 is 0 Å². The highest BCUT2D eigenvalue weighted by molar-refractivity contribution is 7.14. The zero-order valence-electron chi connectivity index (χ0n) is 10.9. The summed E-state index contributed by atoms with van der Waals surface area (Å²) in [5.74, 6) is -4.77. The molecule has 1 fully saturated rings. The fourth-order valence-electron chi connectivity index (χ4n) is 2.62. The molecule has 2 N–H and O–H groups in total. The molecule has 4 nitrogen and oxygen atoms in total. The molecule has 1 amide bonds. The van der Waals surface area contributed by atoms with Crippen LogP contribution in [0, 0.1) is 11.8 Å². The number of rotatable bonds is 3. The molecular weight excluding hydrogens is 307 g/mol. The van der Waals surface area contributed by atoms with E-state index in [-0.39, 0.29) is 23.4 Å². The molecule has 116 valence electrons. The highest BCUT2D eigenvalue weighted by Gasteiger charge is 2.48. The van der Waals surface area contributed by atoms with Gasteiger partial charge in [0.25, 0.3) is 0 Å². The fourth-order valence-corrected chi connectivity index (χ4v) is 3.40. The Balaban J connectivity index is 2.14. The molecule has 0 bridgehead atoms. The van der Waals surface area contributed by atoms with Crippen molar-refractivity contribution in [2.24, 2.45) is 11.8 Å². The van der Waals surface area contributed by atoms with Gasteiger partial charge in [-0.1, -0.05) is 12.8 Å². The molecule has 0 radical (unpaired) electrons. The third-order valence-electron chi connectivity index (χ3n) is 3.66. The predicted molar refractivity (Wildman–Crippen MR) is 71.4 cm³/mol. The van der Waals surface area contributed by atoms with Gasteiger partial charge in [0.2, 0.25) is 5.91 Å². The topological polar surface area (TPSA) is 66.4 Å². The number of nitrogens with one attached hydrogen (secondary N) is 1. The van der Waals surface area contributed by atoms with E-state index in [0.717, 1.165) is 11.3 Å². The van der Waals surface area contributed by atoms with E-state index in [0.29, 0.717) is 12.8 Å².